The molecule has 1 unspecified atom stereocenters. The molecule has 7 nitrogen and oxygen atoms in total. The van der Waals surface area contributed by atoms with Crippen molar-refractivity contribution >= 4 is 23.1 Å². The van der Waals surface area contributed by atoms with Gasteiger partial charge in [-0.3, -0.25) is 4.79 Å². The number of allylic oxidation sites excluding steroid dienone is 2. The minimum absolute atomic E-state index is 0.0382. The number of nitrogens with two attached hydrogens (primary N) is 1. The molecule has 0 spiro atoms. The van der Waals surface area contributed by atoms with E-state index < -0.39 is 29.5 Å². The van der Waals surface area contributed by atoms with E-state index in [1.165, 1.54) is 29.3 Å². The van der Waals surface area contributed by atoms with Crippen LogP contribution in [0.15, 0.2) is 84.7 Å². The number of carbonyl (C=O) groups is 1. The molecule has 9 heteroatoms. The summed E-state index contributed by atoms with van der Waals surface area (Å²) in [5.41, 5.74) is 5.77. The molecular formula is C23H18F2N4O3. The molecular weight excluding hydrogens is 418 g/mol. The van der Waals surface area contributed by atoms with Crippen molar-refractivity contribution in [1.82, 2.24) is 4.98 Å². The first kappa shape index (κ1) is 21.0. The number of hydrogen-bond donors (Lipinski definition) is 3. The van der Waals surface area contributed by atoms with Gasteiger partial charge in [-0.05, 0) is 30.4 Å². The summed E-state index contributed by atoms with van der Waals surface area (Å²) in [5, 5.41) is 12.9. The minimum atomic E-state index is -1.31. The van der Waals surface area contributed by atoms with Crippen molar-refractivity contribution in [3.8, 4) is 11.5 Å². The van der Waals surface area contributed by atoms with Crippen molar-refractivity contribution in [2.45, 2.75) is 6.23 Å². The molecule has 0 saturated heterocycles. The van der Waals surface area contributed by atoms with Crippen molar-refractivity contribution in [3.05, 3.63) is 96.4 Å². The molecule has 1 amide bonds. The van der Waals surface area contributed by atoms with E-state index in [4.69, 9.17) is 10.5 Å². The number of benzene rings is 2. The number of nitrogen functional groups attached to an aromatic ring is 1. The maximum absolute atomic E-state index is 14.6. The summed E-state index contributed by atoms with van der Waals surface area (Å²) in [5.74, 6) is -2.65. The van der Waals surface area contributed by atoms with E-state index in [0.717, 1.165) is 12.1 Å². The van der Waals surface area contributed by atoms with Crippen LogP contribution in [0.5, 0.6) is 11.5 Å². The number of hydrogen-bond acceptors (Lipinski definition) is 6. The lowest BCUT2D eigenvalue weighted by Crippen LogP contribution is -2.38. The summed E-state index contributed by atoms with van der Waals surface area (Å²) in [6, 6.07) is 13.3. The predicted molar refractivity (Wildman–Crippen MR) is 116 cm³/mol. The Labute approximate surface area is 182 Å². The first-order valence-corrected chi connectivity index (χ1v) is 9.52. The second-order valence-electron chi connectivity index (χ2n) is 6.82. The molecule has 32 heavy (non-hydrogen) atoms. The fourth-order valence-electron chi connectivity index (χ4n) is 3.09. The number of halogens is 2. The summed E-state index contributed by atoms with van der Waals surface area (Å²) >= 11 is 0. The topological polar surface area (TPSA) is 101 Å². The number of amides is 1. The van der Waals surface area contributed by atoms with Crippen LogP contribution in [0.4, 0.5) is 26.0 Å². The largest absolute Gasteiger partial charge is 0.454 e. The summed E-state index contributed by atoms with van der Waals surface area (Å²) in [4.78, 5) is 18.0. The molecule has 4 N–H and O–H groups in total. The SMILES string of the molecule is Nc1cc(Oc2cc(F)c(NC(=O)C3=CC=CN(c4ccccc4)C3O)cc2F)ccn1. The van der Waals surface area contributed by atoms with Crippen LogP contribution in [0.2, 0.25) is 0 Å². The van der Waals surface area contributed by atoms with E-state index in [2.05, 4.69) is 10.3 Å². The maximum Gasteiger partial charge on any atom is 0.256 e. The van der Waals surface area contributed by atoms with Crippen molar-refractivity contribution < 1.29 is 23.4 Å². The number of aliphatic hydroxyl groups excluding tert-OH is 1. The Hall–Kier alpha value is -4.24. The lowest BCUT2D eigenvalue weighted by molar-refractivity contribution is -0.113. The molecule has 0 saturated carbocycles. The number of nitrogens with zero attached hydrogens (tertiary/aromatic N) is 2. The number of carbonyl (C=O) groups excluding carboxylic acids is 1. The van der Waals surface area contributed by atoms with Crippen molar-refractivity contribution in [2.75, 3.05) is 16.0 Å². The quantitative estimate of drug-likeness (QED) is 0.560. The molecule has 2 heterocycles. The lowest BCUT2D eigenvalue weighted by atomic mass is 10.1. The van der Waals surface area contributed by atoms with Crippen molar-refractivity contribution in [3.63, 3.8) is 0 Å². The molecule has 1 aliphatic rings. The lowest BCUT2D eigenvalue weighted by Gasteiger charge is -2.30. The average molecular weight is 436 g/mol. The van der Waals surface area contributed by atoms with Gasteiger partial charge in [0.2, 0.25) is 0 Å². The highest BCUT2D eigenvalue weighted by Crippen LogP contribution is 2.30. The van der Waals surface area contributed by atoms with Crippen LogP contribution < -0.4 is 20.7 Å². The Kier molecular flexibility index (Phi) is 5.82. The highest BCUT2D eigenvalue weighted by Gasteiger charge is 2.27. The smallest absolute Gasteiger partial charge is 0.256 e. The molecule has 1 aromatic heterocycles. The molecule has 1 atom stereocenters. The zero-order valence-electron chi connectivity index (χ0n) is 16.6. The van der Waals surface area contributed by atoms with Gasteiger partial charge in [0.25, 0.3) is 5.91 Å². The zero-order chi connectivity index (χ0) is 22.7. The van der Waals surface area contributed by atoms with Gasteiger partial charge in [-0.2, -0.15) is 0 Å². The van der Waals surface area contributed by atoms with Crippen molar-refractivity contribution in [2.24, 2.45) is 0 Å². The number of ether oxygens (including phenoxy) is 1. The van der Waals surface area contributed by atoms with Gasteiger partial charge >= 0.3 is 0 Å². The average Bonchev–Trinajstić information content (AvgIpc) is 2.78. The summed E-state index contributed by atoms with van der Waals surface area (Å²) < 4.78 is 34.4. The Balaban J connectivity index is 1.51. The molecule has 2 aromatic carbocycles. The molecule has 0 fully saturated rings. The van der Waals surface area contributed by atoms with Gasteiger partial charge in [-0.25, -0.2) is 13.8 Å². The van der Waals surface area contributed by atoms with Gasteiger partial charge in [-0.1, -0.05) is 18.2 Å². The van der Waals surface area contributed by atoms with Gasteiger partial charge < -0.3 is 25.8 Å². The molecule has 4 rings (SSSR count). The first-order valence-electron chi connectivity index (χ1n) is 9.52. The number of rotatable bonds is 5. The van der Waals surface area contributed by atoms with E-state index >= 15 is 0 Å². The van der Waals surface area contributed by atoms with Gasteiger partial charge in [0.1, 0.15) is 11.6 Å². The van der Waals surface area contributed by atoms with E-state index in [9.17, 15) is 18.7 Å². The van der Waals surface area contributed by atoms with Gasteiger partial charge in [0.15, 0.2) is 23.6 Å². The normalized spacial score (nSPS) is 15.3. The maximum atomic E-state index is 14.6. The number of anilines is 3. The summed E-state index contributed by atoms with van der Waals surface area (Å²) in [7, 11) is 0. The van der Waals surface area contributed by atoms with Crippen molar-refractivity contribution in [1.29, 1.82) is 0 Å². The van der Waals surface area contributed by atoms with Gasteiger partial charge in [0, 0.05) is 36.3 Å². The zero-order valence-corrected chi connectivity index (χ0v) is 16.6. The van der Waals surface area contributed by atoms with E-state index in [0.29, 0.717) is 5.69 Å². The van der Waals surface area contributed by atoms with Crippen LogP contribution in [-0.2, 0) is 4.79 Å². The van der Waals surface area contributed by atoms with Gasteiger partial charge in [0.05, 0.1) is 11.3 Å². The molecule has 162 valence electrons. The molecule has 1 aliphatic heterocycles. The van der Waals surface area contributed by atoms with Crippen LogP contribution in [0.1, 0.15) is 0 Å². The third kappa shape index (κ3) is 4.42. The Morgan fingerprint density at radius 3 is 2.66 bits per heavy atom. The van der Waals surface area contributed by atoms with E-state index in [1.54, 1.807) is 36.5 Å². The Morgan fingerprint density at radius 2 is 1.91 bits per heavy atom. The predicted octanol–water partition coefficient (Wildman–Crippen LogP) is 3.95. The molecule has 0 radical (unpaired) electrons. The third-order valence-electron chi connectivity index (χ3n) is 4.63. The second-order valence-corrected chi connectivity index (χ2v) is 6.82. The number of para-hydroxylation sites is 1. The number of pyridine rings is 1. The fourth-order valence-corrected chi connectivity index (χ4v) is 3.09. The Bertz CT molecular complexity index is 1220. The van der Waals surface area contributed by atoms with Crippen LogP contribution in [0.25, 0.3) is 0 Å². The highest BCUT2D eigenvalue weighted by atomic mass is 19.1. The summed E-state index contributed by atoms with van der Waals surface area (Å²) in [6.07, 6.45) is 4.64. The Morgan fingerprint density at radius 1 is 1.12 bits per heavy atom. The van der Waals surface area contributed by atoms with E-state index in [1.807, 2.05) is 6.07 Å². The molecule has 3 aromatic rings. The van der Waals surface area contributed by atoms with Crippen LogP contribution in [-0.4, -0.2) is 22.2 Å². The van der Waals surface area contributed by atoms with E-state index in [-0.39, 0.29) is 22.9 Å². The minimum Gasteiger partial charge on any atom is -0.454 e. The standard InChI is InChI=1S/C23H18F2N4O3/c24-17-13-20(32-15-8-9-27-21(26)11-15)18(25)12-19(17)28-22(30)16-7-4-10-29(23(16)31)14-5-2-1-3-6-14/h1-13,23,31H,(H2,26,27)(H,28,30). The van der Waals surface area contributed by atoms with Crippen LogP contribution >= 0.6 is 0 Å². The number of nitrogens with one attached hydrogen (secondary N) is 1. The molecule has 0 aliphatic carbocycles. The second kappa shape index (κ2) is 8.86. The van der Waals surface area contributed by atoms with Gasteiger partial charge in [-0.15, -0.1) is 0 Å². The van der Waals surface area contributed by atoms with Crippen LogP contribution in [0.3, 0.4) is 0 Å². The summed E-state index contributed by atoms with van der Waals surface area (Å²) in [6.45, 7) is 0. The third-order valence-corrected chi connectivity index (χ3v) is 4.63. The highest BCUT2D eigenvalue weighted by molar-refractivity contribution is 6.05. The number of aromatic nitrogens is 1. The van der Waals surface area contributed by atoms with Crippen LogP contribution in [0, 0.1) is 11.6 Å². The number of aliphatic hydroxyl groups is 1. The first-order chi connectivity index (χ1) is 15.4. The molecule has 0 bridgehead atoms. The fraction of sp³-hybridized carbons (Fsp3) is 0.0435. The monoisotopic (exact) mass is 436 g/mol.